The second-order valence-electron chi connectivity index (χ2n) is 7.74. The number of hydrogen-bond donors (Lipinski definition) is 1. The first-order valence-corrected chi connectivity index (χ1v) is 9.85. The Hall–Kier alpha value is -1.56. The van der Waals surface area contributed by atoms with Crippen LogP contribution in [0.2, 0.25) is 0 Å². The molecule has 1 saturated heterocycles. The minimum atomic E-state index is -3.51. The van der Waals surface area contributed by atoms with E-state index in [1.807, 2.05) is 20.8 Å². The van der Waals surface area contributed by atoms with Gasteiger partial charge in [0.25, 0.3) is 0 Å². The minimum absolute atomic E-state index is 0.253. The predicted octanol–water partition coefficient (Wildman–Crippen LogP) is 3.88. The molecule has 0 aromatic heterocycles. The molecule has 0 bridgehead atoms. The molecular weight excluding hydrogens is 326 g/mol. The monoisotopic (exact) mass is 353 g/mol. The van der Waals surface area contributed by atoms with Crippen molar-refractivity contribution in [1.82, 2.24) is 4.90 Å². The first kappa shape index (κ1) is 18.8. The van der Waals surface area contributed by atoms with Gasteiger partial charge < -0.3 is 5.11 Å². The highest BCUT2D eigenvalue weighted by atomic mass is 32.2. The molecule has 1 aromatic carbocycles. The van der Waals surface area contributed by atoms with Gasteiger partial charge in [0.2, 0.25) is 0 Å². The molecule has 2 rings (SSSR count). The van der Waals surface area contributed by atoms with Gasteiger partial charge in [-0.25, -0.2) is 13.2 Å². The molecule has 1 amide bonds. The molecule has 0 saturated carbocycles. The van der Waals surface area contributed by atoms with Crippen molar-refractivity contribution >= 4 is 15.9 Å². The third kappa shape index (κ3) is 2.70. The molecule has 5 nitrogen and oxygen atoms in total. The summed E-state index contributed by atoms with van der Waals surface area (Å²) in [4.78, 5) is 13.6. The van der Waals surface area contributed by atoms with Crippen molar-refractivity contribution in [3.63, 3.8) is 0 Å². The number of carbonyl (C=O) groups is 1. The molecule has 1 aromatic rings. The van der Waals surface area contributed by atoms with E-state index in [1.165, 1.54) is 4.90 Å². The van der Waals surface area contributed by atoms with Crippen LogP contribution < -0.4 is 0 Å². The van der Waals surface area contributed by atoms with Gasteiger partial charge >= 0.3 is 6.09 Å². The van der Waals surface area contributed by atoms with Crippen molar-refractivity contribution < 1.29 is 18.3 Å². The summed E-state index contributed by atoms with van der Waals surface area (Å²) in [5, 5.41) is 9.19. The van der Waals surface area contributed by atoms with Crippen molar-refractivity contribution in [3.05, 3.63) is 29.8 Å². The third-order valence-corrected chi connectivity index (χ3v) is 7.32. The van der Waals surface area contributed by atoms with E-state index in [1.54, 1.807) is 38.1 Å². The summed E-state index contributed by atoms with van der Waals surface area (Å²) in [7, 11) is -3.51. The summed E-state index contributed by atoms with van der Waals surface area (Å²) in [6, 6.07) is 6.88. The smallest absolute Gasteiger partial charge is 0.408 e. The van der Waals surface area contributed by atoms with Crippen LogP contribution in [0.15, 0.2) is 29.2 Å². The van der Waals surface area contributed by atoms with Crippen LogP contribution in [0.3, 0.4) is 0 Å². The Morgan fingerprint density at radius 3 is 2.33 bits per heavy atom. The fraction of sp³-hybridized carbons (Fsp3) is 0.611. The number of sulfone groups is 1. The Morgan fingerprint density at radius 2 is 1.83 bits per heavy atom. The molecule has 1 aliphatic heterocycles. The summed E-state index contributed by atoms with van der Waals surface area (Å²) in [5.41, 5.74) is -0.687. The van der Waals surface area contributed by atoms with Crippen molar-refractivity contribution in [2.24, 2.45) is 5.41 Å². The molecule has 0 radical (unpaired) electrons. The SMILES string of the molecule is CC(C)S(=O)(=O)c1ccccc1C1(C(C)(C)C)CCCN1C(=O)O. The lowest BCUT2D eigenvalue weighted by Crippen LogP contribution is -2.53. The summed E-state index contributed by atoms with van der Waals surface area (Å²) in [6.45, 7) is 9.66. The van der Waals surface area contributed by atoms with Crippen LogP contribution in [0.25, 0.3) is 0 Å². The molecule has 0 aliphatic carbocycles. The molecule has 6 heteroatoms. The number of rotatable bonds is 3. The number of amides is 1. The number of hydrogen-bond acceptors (Lipinski definition) is 3. The summed E-state index contributed by atoms with van der Waals surface area (Å²) >= 11 is 0. The Kier molecular flexibility index (Phi) is 4.74. The highest BCUT2D eigenvalue weighted by Gasteiger charge is 2.54. The fourth-order valence-electron chi connectivity index (χ4n) is 3.85. The second kappa shape index (κ2) is 6.06. The topological polar surface area (TPSA) is 74.7 Å². The van der Waals surface area contributed by atoms with E-state index in [9.17, 15) is 18.3 Å². The van der Waals surface area contributed by atoms with Gasteiger partial charge in [-0.05, 0) is 43.7 Å². The molecule has 1 fully saturated rings. The Balaban J connectivity index is 2.83. The zero-order valence-electron chi connectivity index (χ0n) is 15.0. The van der Waals surface area contributed by atoms with Crippen molar-refractivity contribution in [2.45, 2.75) is 63.1 Å². The largest absolute Gasteiger partial charge is 0.465 e. The fourth-order valence-corrected chi connectivity index (χ4v) is 5.17. The average Bonchev–Trinajstić information content (AvgIpc) is 2.92. The zero-order valence-corrected chi connectivity index (χ0v) is 15.9. The minimum Gasteiger partial charge on any atom is -0.465 e. The third-order valence-electron chi connectivity index (χ3n) is 5.11. The van der Waals surface area contributed by atoms with Crippen LogP contribution >= 0.6 is 0 Å². The number of benzene rings is 1. The number of likely N-dealkylation sites (tertiary alicyclic amines) is 1. The van der Waals surface area contributed by atoms with Gasteiger partial charge in [-0.3, -0.25) is 4.90 Å². The van der Waals surface area contributed by atoms with E-state index in [0.29, 0.717) is 18.5 Å². The number of nitrogens with zero attached hydrogens (tertiary/aromatic N) is 1. The van der Waals surface area contributed by atoms with E-state index in [2.05, 4.69) is 0 Å². The molecule has 1 heterocycles. The van der Waals surface area contributed by atoms with Crippen LogP contribution in [-0.2, 0) is 15.4 Å². The molecule has 1 N–H and O–H groups in total. The molecule has 1 aliphatic rings. The summed E-state index contributed by atoms with van der Waals surface area (Å²) < 4.78 is 25.8. The van der Waals surface area contributed by atoms with Crippen LogP contribution in [0.1, 0.15) is 53.0 Å². The first-order chi connectivity index (χ1) is 11.0. The molecular formula is C18H27NO4S. The Bertz CT molecular complexity index is 734. The van der Waals surface area contributed by atoms with Crippen LogP contribution in [0.4, 0.5) is 4.79 Å². The van der Waals surface area contributed by atoms with Crippen LogP contribution in [0, 0.1) is 5.41 Å². The maximum Gasteiger partial charge on any atom is 0.408 e. The van der Waals surface area contributed by atoms with E-state index < -0.39 is 32.1 Å². The zero-order chi connectivity index (χ0) is 18.3. The molecule has 0 spiro atoms. The lowest BCUT2D eigenvalue weighted by atomic mass is 9.67. The number of carboxylic acid groups (broad SMARTS) is 1. The van der Waals surface area contributed by atoms with E-state index >= 15 is 0 Å². The van der Waals surface area contributed by atoms with E-state index in [4.69, 9.17) is 0 Å². The molecule has 24 heavy (non-hydrogen) atoms. The van der Waals surface area contributed by atoms with Crippen molar-refractivity contribution in [3.8, 4) is 0 Å². The highest BCUT2D eigenvalue weighted by molar-refractivity contribution is 7.92. The standard InChI is InChI=1S/C18H27NO4S/c1-13(2)24(22,23)15-10-7-6-9-14(15)18(17(3,4)5)11-8-12-19(18)16(20)21/h6-7,9-10,13H,8,11-12H2,1-5H3,(H,20,21). The summed E-state index contributed by atoms with van der Waals surface area (Å²) in [5.74, 6) is 0. The van der Waals surface area contributed by atoms with Gasteiger partial charge in [0.1, 0.15) is 0 Å². The quantitative estimate of drug-likeness (QED) is 0.895. The molecule has 1 atom stereocenters. The Labute approximate surface area is 144 Å². The average molecular weight is 353 g/mol. The van der Waals surface area contributed by atoms with Gasteiger partial charge in [0.05, 0.1) is 15.7 Å². The van der Waals surface area contributed by atoms with Crippen molar-refractivity contribution in [2.75, 3.05) is 6.54 Å². The van der Waals surface area contributed by atoms with Gasteiger partial charge in [-0.1, -0.05) is 39.0 Å². The Morgan fingerprint density at radius 1 is 1.25 bits per heavy atom. The first-order valence-electron chi connectivity index (χ1n) is 8.30. The maximum atomic E-state index is 12.9. The molecule has 1 unspecified atom stereocenters. The van der Waals surface area contributed by atoms with Gasteiger partial charge in [-0.15, -0.1) is 0 Å². The van der Waals surface area contributed by atoms with Gasteiger partial charge in [-0.2, -0.15) is 0 Å². The maximum absolute atomic E-state index is 12.9. The van der Waals surface area contributed by atoms with E-state index in [0.717, 1.165) is 6.42 Å². The van der Waals surface area contributed by atoms with Crippen LogP contribution in [-0.4, -0.2) is 36.3 Å². The lowest BCUT2D eigenvalue weighted by molar-refractivity contribution is 0.0256. The summed E-state index contributed by atoms with van der Waals surface area (Å²) in [6.07, 6.45) is 0.340. The highest BCUT2D eigenvalue weighted by Crippen LogP contribution is 2.53. The van der Waals surface area contributed by atoms with Gasteiger partial charge in [0, 0.05) is 6.54 Å². The second-order valence-corrected chi connectivity index (χ2v) is 10.2. The predicted molar refractivity (Wildman–Crippen MR) is 93.9 cm³/mol. The lowest BCUT2D eigenvalue weighted by Gasteiger charge is -2.48. The van der Waals surface area contributed by atoms with E-state index in [-0.39, 0.29) is 4.90 Å². The van der Waals surface area contributed by atoms with Crippen LogP contribution in [0.5, 0.6) is 0 Å². The molecule has 134 valence electrons. The normalized spacial score (nSPS) is 22.2. The van der Waals surface area contributed by atoms with Gasteiger partial charge in [0.15, 0.2) is 9.84 Å². The van der Waals surface area contributed by atoms with Crippen molar-refractivity contribution in [1.29, 1.82) is 0 Å².